The summed E-state index contributed by atoms with van der Waals surface area (Å²) in [4.78, 5) is 4.05. The minimum Gasteiger partial charge on any atom is -0.437 e. The molecule has 0 aliphatic rings. The summed E-state index contributed by atoms with van der Waals surface area (Å²) in [6.45, 7) is 3.79. The molecule has 2 rings (SSSR count). The maximum atomic E-state index is 8.76. The van der Waals surface area contributed by atoms with Gasteiger partial charge in [0.2, 0.25) is 5.88 Å². The molecular formula is C14H12ClN3O. The van der Waals surface area contributed by atoms with Crippen molar-refractivity contribution in [3.8, 4) is 17.7 Å². The van der Waals surface area contributed by atoms with Crippen LogP contribution in [0.15, 0.2) is 24.4 Å². The van der Waals surface area contributed by atoms with Gasteiger partial charge in [0.05, 0.1) is 11.3 Å². The van der Waals surface area contributed by atoms with Crippen molar-refractivity contribution in [2.24, 2.45) is 0 Å². The Morgan fingerprint density at radius 3 is 2.42 bits per heavy atom. The Kier molecular flexibility index (Phi) is 3.59. The second kappa shape index (κ2) is 5.17. The fourth-order valence-corrected chi connectivity index (χ4v) is 2.10. The lowest BCUT2D eigenvalue weighted by molar-refractivity contribution is 0.458. The number of aromatic nitrogens is 1. The Balaban J connectivity index is 2.40. The topological polar surface area (TPSA) is 71.9 Å². The SMILES string of the molecule is Cc1cc(Cl)cc(C)c1Oc1ncc(C#N)cc1N. The summed E-state index contributed by atoms with van der Waals surface area (Å²) < 4.78 is 5.72. The number of anilines is 1. The van der Waals surface area contributed by atoms with Gasteiger partial charge < -0.3 is 10.5 Å². The molecule has 0 atom stereocenters. The van der Waals surface area contributed by atoms with Crippen LogP contribution in [-0.2, 0) is 0 Å². The van der Waals surface area contributed by atoms with Gasteiger partial charge in [-0.3, -0.25) is 0 Å². The first kappa shape index (κ1) is 13.2. The highest BCUT2D eigenvalue weighted by molar-refractivity contribution is 6.30. The molecule has 0 radical (unpaired) electrons. The maximum absolute atomic E-state index is 8.76. The molecule has 0 aliphatic carbocycles. The van der Waals surface area contributed by atoms with E-state index in [1.807, 2.05) is 32.0 Å². The first-order valence-electron chi connectivity index (χ1n) is 5.61. The van der Waals surface area contributed by atoms with Crippen molar-refractivity contribution in [2.45, 2.75) is 13.8 Å². The molecular weight excluding hydrogens is 262 g/mol. The van der Waals surface area contributed by atoms with Gasteiger partial charge in [-0.25, -0.2) is 4.98 Å². The van der Waals surface area contributed by atoms with Gasteiger partial charge in [-0.1, -0.05) is 11.6 Å². The molecule has 4 nitrogen and oxygen atoms in total. The molecule has 1 aromatic heterocycles. The number of hydrogen-bond donors (Lipinski definition) is 1. The molecule has 19 heavy (non-hydrogen) atoms. The number of nitrogen functional groups attached to an aromatic ring is 1. The molecule has 2 N–H and O–H groups in total. The van der Waals surface area contributed by atoms with E-state index in [-0.39, 0.29) is 5.88 Å². The number of benzene rings is 1. The summed E-state index contributed by atoms with van der Waals surface area (Å²) in [5.41, 5.74) is 8.33. The molecule has 0 spiro atoms. The van der Waals surface area contributed by atoms with E-state index in [0.29, 0.717) is 22.0 Å². The Morgan fingerprint density at radius 1 is 1.26 bits per heavy atom. The van der Waals surface area contributed by atoms with Crippen LogP contribution in [0.4, 0.5) is 5.69 Å². The quantitative estimate of drug-likeness (QED) is 0.907. The fourth-order valence-electron chi connectivity index (χ4n) is 1.77. The lowest BCUT2D eigenvalue weighted by Gasteiger charge is -2.12. The summed E-state index contributed by atoms with van der Waals surface area (Å²) in [6.07, 6.45) is 1.42. The number of nitrogens with zero attached hydrogens (tertiary/aromatic N) is 2. The number of hydrogen-bond acceptors (Lipinski definition) is 4. The second-order valence-corrected chi connectivity index (χ2v) is 4.64. The van der Waals surface area contributed by atoms with Crippen LogP contribution in [-0.4, -0.2) is 4.98 Å². The van der Waals surface area contributed by atoms with E-state index in [1.54, 1.807) is 0 Å². The Morgan fingerprint density at radius 2 is 1.89 bits per heavy atom. The fraction of sp³-hybridized carbons (Fsp3) is 0.143. The zero-order valence-corrected chi connectivity index (χ0v) is 11.3. The lowest BCUT2D eigenvalue weighted by atomic mass is 10.1. The number of rotatable bonds is 2. The van der Waals surface area contributed by atoms with Crippen LogP contribution in [0, 0.1) is 25.2 Å². The average Bonchev–Trinajstić information content (AvgIpc) is 2.35. The summed E-state index contributed by atoms with van der Waals surface area (Å²) in [5, 5.41) is 9.42. The van der Waals surface area contributed by atoms with E-state index >= 15 is 0 Å². The highest BCUT2D eigenvalue weighted by Gasteiger charge is 2.10. The summed E-state index contributed by atoms with van der Waals surface area (Å²) in [5.74, 6) is 0.959. The van der Waals surface area contributed by atoms with E-state index in [1.165, 1.54) is 12.3 Å². The van der Waals surface area contributed by atoms with Gasteiger partial charge in [0.1, 0.15) is 11.8 Å². The van der Waals surface area contributed by atoms with Crippen molar-refractivity contribution >= 4 is 17.3 Å². The Hall–Kier alpha value is -2.25. The Labute approximate surface area is 116 Å². The van der Waals surface area contributed by atoms with E-state index in [9.17, 15) is 0 Å². The number of nitrogens with two attached hydrogens (primary N) is 1. The summed E-state index contributed by atoms with van der Waals surface area (Å²) in [6, 6.07) is 7.12. The van der Waals surface area contributed by atoms with Crippen molar-refractivity contribution in [3.05, 3.63) is 46.1 Å². The van der Waals surface area contributed by atoms with Crippen LogP contribution in [0.3, 0.4) is 0 Å². The first-order chi connectivity index (χ1) is 9.01. The molecule has 0 fully saturated rings. The molecule has 0 bridgehead atoms. The van der Waals surface area contributed by atoms with E-state index < -0.39 is 0 Å². The van der Waals surface area contributed by atoms with Crippen molar-refractivity contribution in [3.63, 3.8) is 0 Å². The van der Waals surface area contributed by atoms with Gasteiger partial charge in [-0.15, -0.1) is 0 Å². The third kappa shape index (κ3) is 2.78. The number of aryl methyl sites for hydroxylation is 2. The maximum Gasteiger partial charge on any atom is 0.242 e. The van der Waals surface area contributed by atoms with Gasteiger partial charge in [0.15, 0.2) is 0 Å². The van der Waals surface area contributed by atoms with Crippen LogP contribution in [0.25, 0.3) is 0 Å². The molecule has 0 saturated carbocycles. The van der Waals surface area contributed by atoms with Crippen LogP contribution < -0.4 is 10.5 Å². The van der Waals surface area contributed by atoms with Crippen molar-refractivity contribution in [2.75, 3.05) is 5.73 Å². The summed E-state index contributed by atoms with van der Waals surface area (Å²) in [7, 11) is 0. The molecule has 5 heteroatoms. The molecule has 0 aliphatic heterocycles. The van der Waals surface area contributed by atoms with E-state index in [2.05, 4.69) is 4.98 Å². The van der Waals surface area contributed by atoms with Crippen LogP contribution in [0.2, 0.25) is 5.02 Å². The average molecular weight is 274 g/mol. The number of ether oxygens (including phenoxy) is 1. The van der Waals surface area contributed by atoms with E-state index in [0.717, 1.165) is 11.1 Å². The van der Waals surface area contributed by atoms with Gasteiger partial charge in [0, 0.05) is 11.2 Å². The molecule has 1 heterocycles. The van der Waals surface area contributed by atoms with Gasteiger partial charge in [-0.2, -0.15) is 5.26 Å². The van der Waals surface area contributed by atoms with E-state index in [4.69, 9.17) is 27.3 Å². The number of halogens is 1. The third-order valence-corrected chi connectivity index (χ3v) is 2.85. The van der Waals surface area contributed by atoms with Crippen LogP contribution in [0.5, 0.6) is 11.6 Å². The Bertz CT molecular complexity index is 654. The third-order valence-electron chi connectivity index (χ3n) is 2.63. The highest BCUT2D eigenvalue weighted by Crippen LogP contribution is 2.32. The zero-order valence-electron chi connectivity index (χ0n) is 10.6. The van der Waals surface area contributed by atoms with Crippen LogP contribution in [0.1, 0.15) is 16.7 Å². The van der Waals surface area contributed by atoms with Gasteiger partial charge in [0.25, 0.3) is 0 Å². The first-order valence-corrected chi connectivity index (χ1v) is 5.99. The van der Waals surface area contributed by atoms with Gasteiger partial charge >= 0.3 is 0 Å². The zero-order chi connectivity index (χ0) is 14.0. The van der Waals surface area contributed by atoms with Crippen molar-refractivity contribution in [1.29, 1.82) is 5.26 Å². The predicted molar refractivity (Wildman–Crippen MR) is 74.4 cm³/mol. The van der Waals surface area contributed by atoms with Crippen molar-refractivity contribution < 1.29 is 4.74 Å². The number of pyridine rings is 1. The normalized spacial score (nSPS) is 10.0. The summed E-state index contributed by atoms with van der Waals surface area (Å²) >= 11 is 5.96. The lowest BCUT2D eigenvalue weighted by Crippen LogP contribution is -1.98. The largest absolute Gasteiger partial charge is 0.437 e. The second-order valence-electron chi connectivity index (χ2n) is 4.20. The standard InChI is InChI=1S/C14H12ClN3O/c1-8-3-11(15)4-9(2)13(8)19-14-12(17)5-10(6-16)7-18-14/h3-5,7H,17H2,1-2H3. The van der Waals surface area contributed by atoms with Crippen LogP contribution >= 0.6 is 11.6 Å². The molecule has 0 saturated heterocycles. The van der Waals surface area contributed by atoms with Crippen molar-refractivity contribution in [1.82, 2.24) is 4.98 Å². The molecule has 1 aromatic carbocycles. The monoisotopic (exact) mass is 273 g/mol. The molecule has 0 unspecified atom stereocenters. The minimum absolute atomic E-state index is 0.285. The molecule has 96 valence electrons. The highest BCUT2D eigenvalue weighted by atomic mass is 35.5. The molecule has 0 amide bonds. The minimum atomic E-state index is 0.285. The van der Waals surface area contributed by atoms with Gasteiger partial charge in [-0.05, 0) is 43.2 Å². The smallest absolute Gasteiger partial charge is 0.242 e. The predicted octanol–water partition coefficient (Wildman–Crippen LogP) is 3.60. The molecule has 2 aromatic rings. The number of nitriles is 1.